The minimum Gasteiger partial charge on any atom is -0.478 e. The van der Waals surface area contributed by atoms with E-state index in [0.29, 0.717) is 6.42 Å². The van der Waals surface area contributed by atoms with Gasteiger partial charge in [-0.15, -0.1) is 0 Å². The Bertz CT molecular complexity index is 656. The van der Waals surface area contributed by atoms with Crippen molar-refractivity contribution in [2.45, 2.75) is 30.7 Å². The third-order valence-electron chi connectivity index (χ3n) is 3.03. The van der Waals surface area contributed by atoms with Gasteiger partial charge in [0.05, 0.1) is 22.7 Å². The predicted octanol–water partition coefficient (Wildman–Crippen LogP) is 2.13. The Hall–Kier alpha value is -0.860. The van der Waals surface area contributed by atoms with Crippen LogP contribution in [0.2, 0.25) is 10.0 Å². The molecule has 1 atom stereocenters. The van der Waals surface area contributed by atoms with Crippen molar-refractivity contribution in [3.8, 4) is 0 Å². The molecule has 0 amide bonds. The van der Waals surface area contributed by atoms with Crippen LogP contribution < -0.4 is 4.72 Å². The van der Waals surface area contributed by atoms with Gasteiger partial charge in [0.2, 0.25) is 10.0 Å². The molecule has 0 heterocycles. The summed E-state index contributed by atoms with van der Waals surface area (Å²) in [5, 5.41) is 17.8. The van der Waals surface area contributed by atoms with Gasteiger partial charge < -0.3 is 10.2 Å². The van der Waals surface area contributed by atoms with Crippen molar-refractivity contribution < 1.29 is 23.4 Å². The number of nitrogens with one attached hydrogen (secondary N) is 1. The molecule has 0 fully saturated rings. The normalized spacial score (nSPS) is 14.7. The molecule has 1 unspecified atom stereocenters. The Kier molecular flexibility index (Phi) is 5.63. The number of rotatable bonds is 6. The van der Waals surface area contributed by atoms with Crippen molar-refractivity contribution in [1.82, 2.24) is 4.72 Å². The van der Waals surface area contributed by atoms with Crippen molar-refractivity contribution in [2.75, 3.05) is 6.61 Å². The fraction of sp³-hybridized carbons (Fsp3) is 0.417. The van der Waals surface area contributed by atoms with Gasteiger partial charge in [0.1, 0.15) is 4.90 Å². The summed E-state index contributed by atoms with van der Waals surface area (Å²) in [5.41, 5.74) is -1.50. The Morgan fingerprint density at radius 1 is 1.38 bits per heavy atom. The molecule has 21 heavy (non-hydrogen) atoms. The first-order valence-electron chi connectivity index (χ1n) is 5.93. The van der Waals surface area contributed by atoms with Gasteiger partial charge in [-0.25, -0.2) is 17.9 Å². The van der Waals surface area contributed by atoms with Gasteiger partial charge in [-0.1, -0.05) is 30.1 Å². The summed E-state index contributed by atoms with van der Waals surface area (Å²) < 4.78 is 27.0. The zero-order chi connectivity index (χ0) is 16.4. The number of halogens is 2. The molecule has 118 valence electrons. The maximum absolute atomic E-state index is 12.4. The zero-order valence-corrected chi connectivity index (χ0v) is 13.7. The highest BCUT2D eigenvalue weighted by atomic mass is 35.5. The molecule has 0 bridgehead atoms. The highest BCUT2D eigenvalue weighted by molar-refractivity contribution is 7.89. The molecule has 0 aliphatic rings. The number of sulfonamides is 1. The lowest BCUT2D eigenvalue weighted by Crippen LogP contribution is -2.48. The molecular formula is C12H15Cl2NO5S. The topological polar surface area (TPSA) is 104 Å². The Balaban J connectivity index is 3.42. The number of aliphatic hydroxyl groups is 1. The second-order valence-electron chi connectivity index (χ2n) is 4.75. The summed E-state index contributed by atoms with van der Waals surface area (Å²) >= 11 is 11.6. The molecule has 9 heteroatoms. The number of carboxylic acid groups (broad SMARTS) is 1. The van der Waals surface area contributed by atoms with Crippen LogP contribution in [0.1, 0.15) is 30.6 Å². The summed E-state index contributed by atoms with van der Waals surface area (Å²) in [5.74, 6) is -1.39. The SMILES string of the molecule is CCC(C)(CO)NS(=O)(=O)c1cc(Cl)cc(C(=O)O)c1Cl. The van der Waals surface area contributed by atoms with Crippen LogP contribution in [-0.2, 0) is 10.0 Å². The summed E-state index contributed by atoms with van der Waals surface area (Å²) in [7, 11) is -4.14. The van der Waals surface area contributed by atoms with E-state index in [1.807, 2.05) is 0 Å². The minimum absolute atomic E-state index is 0.0700. The molecule has 0 aromatic heterocycles. The zero-order valence-electron chi connectivity index (χ0n) is 11.4. The number of aromatic carboxylic acids is 1. The number of benzene rings is 1. The minimum atomic E-state index is -4.14. The summed E-state index contributed by atoms with van der Waals surface area (Å²) in [6.45, 7) is 2.79. The number of carbonyl (C=O) groups is 1. The second kappa shape index (κ2) is 6.50. The molecule has 0 saturated heterocycles. The lowest BCUT2D eigenvalue weighted by molar-refractivity contribution is 0.0697. The molecular weight excluding hydrogens is 341 g/mol. The van der Waals surface area contributed by atoms with Gasteiger partial charge in [0.15, 0.2) is 0 Å². The van der Waals surface area contributed by atoms with Gasteiger partial charge >= 0.3 is 5.97 Å². The number of carboxylic acids is 1. The quantitative estimate of drug-likeness (QED) is 0.724. The molecule has 0 aliphatic heterocycles. The number of hydrogen-bond acceptors (Lipinski definition) is 4. The maximum Gasteiger partial charge on any atom is 0.337 e. The number of hydrogen-bond donors (Lipinski definition) is 3. The molecule has 0 radical (unpaired) electrons. The van der Waals surface area contributed by atoms with Gasteiger partial charge in [-0.3, -0.25) is 0 Å². The van der Waals surface area contributed by atoms with Crippen LogP contribution in [-0.4, -0.2) is 36.7 Å². The van der Waals surface area contributed by atoms with E-state index >= 15 is 0 Å². The standard InChI is InChI=1S/C12H15Cl2NO5S/c1-3-12(2,6-16)15-21(19,20)9-5-7(13)4-8(10(9)14)11(17)18/h4-5,15-16H,3,6H2,1-2H3,(H,17,18). The predicted molar refractivity (Wildman–Crippen MR) is 79.5 cm³/mol. The first-order chi connectivity index (χ1) is 9.56. The van der Waals surface area contributed by atoms with Crippen LogP contribution in [0.25, 0.3) is 0 Å². The maximum atomic E-state index is 12.4. The van der Waals surface area contributed by atoms with Crippen LogP contribution >= 0.6 is 23.2 Å². The van der Waals surface area contributed by atoms with Crippen molar-refractivity contribution in [1.29, 1.82) is 0 Å². The number of aliphatic hydroxyl groups excluding tert-OH is 1. The van der Waals surface area contributed by atoms with Crippen molar-refractivity contribution in [3.05, 3.63) is 27.7 Å². The molecule has 1 aromatic carbocycles. The first-order valence-corrected chi connectivity index (χ1v) is 8.17. The van der Waals surface area contributed by atoms with E-state index in [1.165, 1.54) is 6.92 Å². The van der Waals surface area contributed by atoms with E-state index in [2.05, 4.69) is 4.72 Å². The molecule has 1 aromatic rings. The first kappa shape index (κ1) is 18.2. The van der Waals surface area contributed by atoms with E-state index in [1.54, 1.807) is 6.92 Å². The monoisotopic (exact) mass is 355 g/mol. The van der Waals surface area contributed by atoms with Crippen molar-refractivity contribution in [3.63, 3.8) is 0 Å². The average Bonchev–Trinajstić information content (AvgIpc) is 2.39. The molecule has 1 rings (SSSR count). The fourth-order valence-electron chi connectivity index (χ4n) is 1.51. The summed E-state index contributed by atoms with van der Waals surface area (Å²) in [4.78, 5) is 10.6. The van der Waals surface area contributed by atoms with Gasteiger partial charge in [-0.05, 0) is 25.5 Å². The fourth-order valence-corrected chi connectivity index (χ4v) is 3.88. The molecule has 0 aliphatic carbocycles. The largest absolute Gasteiger partial charge is 0.478 e. The average molecular weight is 356 g/mol. The molecule has 6 nitrogen and oxygen atoms in total. The molecule has 0 saturated carbocycles. The van der Waals surface area contributed by atoms with E-state index in [0.717, 1.165) is 12.1 Å². The van der Waals surface area contributed by atoms with E-state index < -0.39 is 43.6 Å². The lowest BCUT2D eigenvalue weighted by atomic mass is 10.0. The Morgan fingerprint density at radius 2 is 1.95 bits per heavy atom. The van der Waals surface area contributed by atoms with Crippen LogP contribution in [0.15, 0.2) is 17.0 Å². The van der Waals surface area contributed by atoms with E-state index in [-0.39, 0.29) is 5.02 Å². The van der Waals surface area contributed by atoms with Crippen molar-refractivity contribution in [2.24, 2.45) is 0 Å². The molecule has 3 N–H and O–H groups in total. The third kappa shape index (κ3) is 4.08. The Labute approximate surface area is 132 Å². The summed E-state index contributed by atoms with van der Waals surface area (Å²) in [6.07, 6.45) is 0.326. The lowest BCUT2D eigenvalue weighted by Gasteiger charge is -2.27. The molecule has 0 spiro atoms. The van der Waals surface area contributed by atoms with Crippen molar-refractivity contribution >= 4 is 39.2 Å². The van der Waals surface area contributed by atoms with E-state index in [4.69, 9.17) is 28.3 Å². The third-order valence-corrected chi connectivity index (χ3v) is 5.43. The second-order valence-corrected chi connectivity index (χ2v) is 7.21. The highest BCUT2D eigenvalue weighted by Gasteiger charge is 2.31. The van der Waals surface area contributed by atoms with Gasteiger partial charge in [0, 0.05) is 5.02 Å². The highest BCUT2D eigenvalue weighted by Crippen LogP contribution is 2.30. The van der Waals surface area contributed by atoms with Crippen LogP contribution in [0, 0.1) is 0 Å². The van der Waals surface area contributed by atoms with Crippen LogP contribution in [0.3, 0.4) is 0 Å². The van der Waals surface area contributed by atoms with Gasteiger partial charge in [0.25, 0.3) is 0 Å². The van der Waals surface area contributed by atoms with Crippen LogP contribution in [0.5, 0.6) is 0 Å². The Morgan fingerprint density at radius 3 is 2.38 bits per heavy atom. The van der Waals surface area contributed by atoms with Crippen LogP contribution in [0.4, 0.5) is 0 Å². The van der Waals surface area contributed by atoms with Gasteiger partial charge in [-0.2, -0.15) is 0 Å². The smallest absolute Gasteiger partial charge is 0.337 e. The van der Waals surface area contributed by atoms with E-state index in [9.17, 15) is 18.3 Å². The summed E-state index contributed by atoms with van der Waals surface area (Å²) in [6, 6.07) is 2.13.